The molecule has 0 saturated carbocycles. The Morgan fingerprint density at radius 2 is 1.90 bits per heavy atom. The van der Waals surface area contributed by atoms with E-state index >= 15 is 0 Å². The molecule has 0 saturated heterocycles. The molecule has 5 nitrogen and oxygen atoms in total. The molecular weight excluding hydrogens is 283 g/mol. The van der Waals surface area contributed by atoms with E-state index in [0.717, 1.165) is 0 Å². The SMILES string of the molecule is O=C(NO)c1ccc(N[S+]([O-])c2cccc(F)c2)cc1. The van der Waals surface area contributed by atoms with Gasteiger partial charge in [0.1, 0.15) is 17.2 Å². The number of rotatable bonds is 4. The molecule has 20 heavy (non-hydrogen) atoms. The van der Waals surface area contributed by atoms with Crippen molar-refractivity contribution in [1.29, 1.82) is 0 Å². The van der Waals surface area contributed by atoms with Crippen LogP contribution in [-0.4, -0.2) is 15.7 Å². The van der Waals surface area contributed by atoms with Crippen molar-refractivity contribution in [2.75, 3.05) is 4.72 Å². The average molecular weight is 294 g/mol. The van der Waals surface area contributed by atoms with Crippen molar-refractivity contribution >= 4 is 23.0 Å². The molecule has 0 heterocycles. The second kappa shape index (κ2) is 6.38. The van der Waals surface area contributed by atoms with Crippen molar-refractivity contribution in [3.8, 4) is 0 Å². The van der Waals surface area contributed by atoms with Gasteiger partial charge < -0.3 is 4.55 Å². The minimum absolute atomic E-state index is 0.259. The summed E-state index contributed by atoms with van der Waals surface area (Å²) in [5.74, 6) is -1.10. The second-order valence-electron chi connectivity index (χ2n) is 3.85. The zero-order valence-corrected chi connectivity index (χ0v) is 11.0. The molecule has 1 atom stereocenters. The number of benzene rings is 2. The van der Waals surface area contributed by atoms with Gasteiger partial charge in [-0.25, -0.2) is 14.6 Å². The predicted molar refractivity (Wildman–Crippen MR) is 72.1 cm³/mol. The first-order valence-electron chi connectivity index (χ1n) is 5.58. The molecule has 1 unspecified atom stereocenters. The summed E-state index contributed by atoms with van der Waals surface area (Å²) in [6.07, 6.45) is 0. The number of amides is 1. The second-order valence-corrected chi connectivity index (χ2v) is 5.06. The molecule has 2 rings (SSSR count). The van der Waals surface area contributed by atoms with Gasteiger partial charge in [-0.2, -0.15) is 0 Å². The summed E-state index contributed by atoms with van der Waals surface area (Å²) >= 11 is -1.60. The molecule has 3 N–H and O–H groups in total. The van der Waals surface area contributed by atoms with Gasteiger partial charge in [-0.05, 0) is 36.4 Å². The number of hydrogen-bond acceptors (Lipinski definition) is 4. The van der Waals surface area contributed by atoms with Gasteiger partial charge in [0.2, 0.25) is 0 Å². The van der Waals surface area contributed by atoms with E-state index in [0.29, 0.717) is 10.6 Å². The van der Waals surface area contributed by atoms with E-state index in [-0.39, 0.29) is 5.56 Å². The smallest absolute Gasteiger partial charge is 0.274 e. The zero-order chi connectivity index (χ0) is 14.5. The quantitative estimate of drug-likeness (QED) is 0.458. The molecule has 0 aliphatic heterocycles. The van der Waals surface area contributed by atoms with Gasteiger partial charge in [0.25, 0.3) is 5.91 Å². The first-order chi connectivity index (χ1) is 9.60. The van der Waals surface area contributed by atoms with E-state index in [4.69, 9.17) is 5.21 Å². The molecule has 0 fully saturated rings. The predicted octanol–water partition coefficient (Wildman–Crippen LogP) is 2.08. The summed E-state index contributed by atoms with van der Waals surface area (Å²) in [4.78, 5) is 11.4. The number of nitrogens with one attached hydrogen (secondary N) is 2. The minimum atomic E-state index is -1.60. The van der Waals surface area contributed by atoms with Gasteiger partial charge in [-0.1, -0.05) is 6.07 Å². The van der Waals surface area contributed by atoms with Gasteiger partial charge in [-0.3, -0.25) is 10.0 Å². The Labute approximate surface area is 117 Å². The normalized spacial score (nSPS) is 11.8. The summed E-state index contributed by atoms with van der Waals surface area (Å²) in [7, 11) is 0. The van der Waals surface area contributed by atoms with E-state index in [2.05, 4.69) is 4.72 Å². The zero-order valence-electron chi connectivity index (χ0n) is 10.2. The van der Waals surface area contributed by atoms with E-state index < -0.39 is 23.1 Å². The van der Waals surface area contributed by atoms with Crippen LogP contribution in [0.3, 0.4) is 0 Å². The largest absolute Gasteiger partial charge is 0.588 e. The maximum atomic E-state index is 13.0. The molecule has 0 radical (unpaired) electrons. The lowest BCUT2D eigenvalue weighted by molar-refractivity contribution is 0.0706. The summed E-state index contributed by atoms with van der Waals surface area (Å²) in [5, 5.41) is 8.48. The van der Waals surface area contributed by atoms with Crippen LogP contribution in [0, 0.1) is 5.82 Å². The van der Waals surface area contributed by atoms with Crippen LogP contribution in [0.5, 0.6) is 0 Å². The molecule has 104 valence electrons. The lowest BCUT2D eigenvalue weighted by Crippen LogP contribution is -2.18. The van der Waals surface area contributed by atoms with Crippen molar-refractivity contribution in [3.63, 3.8) is 0 Å². The number of carbonyl (C=O) groups excluding carboxylic acids is 1. The van der Waals surface area contributed by atoms with Crippen molar-refractivity contribution in [3.05, 3.63) is 59.9 Å². The molecule has 2 aromatic carbocycles. The van der Waals surface area contributed by atoms with Gasteiger partial charge in [0.15, 0.2) is 4.90 Å². The highest BCUT2D eigenvalue weighted by atomic mass is 32.2. The third kappa shape index (κ3) is 3.47. The fourth-order valence-electron chi connectivity index (χ4n) is 1.50. The topological polar surface area (TPSA) is 84.4 Å². The summed E-state index contributed by atoms with van der Waals surface area (Å²) in [5.41, 5.74) is 2.27. The lowest BCUT2D eigenvalue weighted by Gasteiger charge is -2.11. The van der Waals surface area contributed by atoms with Crippen LogP contribution >= 0.6 is 0 Å². The Morgan fingerprint density at radius 1 is 1.20 bits per heavy atom. The molecule has 1 amide bonds. The van der Waals surface area contributed by atoms with Crippen molar-refractivity contribution < 1.29 is 18.9 Å². The van der Waals surface area contributed by atoms with Gasteiger partial charge in [0.05, 0.1) is 5.69 Å². The van der Waals surface area contributed by atoms with Crippen molar-refractivity contribution in [1.82, 2.24) is 5.48 Å². The van der Waals surface area contributed by atoms with E-state index in [1.807, 2.05) is 0 Å². The maximum absolute atomic E-state index is 13.0. The molecule has 0 spiro atoms. The van der Waals surface area contributed by atoms with Crippen LogP contribution in [0.2, 0.25) is 0 Å². The molecule has 0 aliphatic rings. The fourth-order valence-corrected chi connectivity index (χ4v) is 2.39. The molecule has 0 bridgehead atoms. The molecule has 0 aromatic heterocycles. The third-order valence-corrected chi connectivity index (χ3v) is 3.57. The lowest BCUT2D eigenvalue weighted by atomic mass is 10.2. The Morgan fingerprint density at radius 3 is 2.50 bits per heavy atom. The molecule has 7 heteroatoms. The summed E-state index contributed by atoms with van der Waals surface area (Å²) < 4.78 is 27.7. The Hall–Kier alpha value is -2.09. The number of hydrogen-bond donors (Lipinski definition) is 3. The molecule has 2 aromatic rings. The van der Waals surface area contributed by atoms with Crippen LogP contribution in [0.25, 0.3) is 0 Å². The van der Waals surface area contributed by atoms with Crippen LogP contribution in [0.15, 0.2) is 53.4 Å². The summed E-state index contributed by atoms with van der Waals surface area (Å²) in [6, 6.07) is 11.4. The first-order valence-corrected chi connectivity index (χ1v) is 6.73. The van der Waals surface area contributed by atoms with Crippen molar-refractivity contribution in [2.24, 2.45) is 0 Å². The number of carbonyl (C=O) groups is 1. The average Bonchev–Trinajstić information content (AvgIpc) is 2.47. The van der Waals surface area contributed by atoms with Crippen molar-refractivity contribution in [2.45, 2.75) is 4.90 Å². The van der Waals surface area contributed by atoms with Crippen LogP contribution in [0.4, 0.5) is 10.1 Å². The van der Waals surface area contributed by atoms with E-state index in [1.54, 1.807) is 6.07 Å². The number of anilines is 1. The van der Waals surface area contributed by atoms with E-state index in [9.17, 15) is 13.7 Å². The fraction of sp³-hybridized carbons (Fsp3) is 0. The number of halogens is 1. The summed E-state index contributed by atoms with van der Waals surface area (Å²) in [6.45, 7) is 0. The van der Waals surface area contributed by atoms with Crippen LogP contribution in [0.1, 0.15) is 10.4 Å². The first kappa shape index (κ1) is 14.3. The monoisotopic (exact) mass is 294 g/mol. The van der Waals surface area contributed by atoms with Gasteiger partial charge in [0, 0.05) is 11.6 Å². The highest BCUT2D eigenvalue weighted by molar-refractivity contribution is 7.92. The van der Waals surface area contributed by atoms with Crippen LogP contribution in [-0.2, 0) is 11.4 Å². The van der Waals surface area contributed by atoms with E-state index in [1.165, 1.54) is 47.9 Å². The molecule has 0 aliphatic carbocycles. The minimum Gasteiger partial charge on any atom is -0.588 e. The maximum Gasteiger partial charge on any atom is 0.274 e. The third-order valence-electron chi connectivity index (χ3n) is 2.47. The van der Waals surface area contributed by atoms with Gasteiger partial charge >= 0.3 is 0 Å². The Bertz CT molecular complexity index is 607. The highest BCUT2D eigenvalue weighted by Crippen LogP contribution is 2.17. The van der Waals surface area contributed by atoms with Crippen LogP contribution < -0.4 is 10.2 Å². The highest BCUT2D eigenvalue weighted by Gasteiger charge is 2.12. The number of hydroxylamine groups is 1. The Balaban J connectivity index is 2.08. The van der Waals surface area contributed by atoms with Gasteiger partial charge in [-0.15, -0.1) is 0 Å². The Kier molecular flexibility index (Phi) is 4.57. The standard InChI is InChI=1S/C13H11FN2O3S/c14-10-2-1-3-12(8-10)20(19)16-11-6-4-9(5-7-11)13(17)15-18/h1-8,16,18H,(H,15,17). The molecular formula is C13H11FN2O3S.